The Hall–Kier alpha value is -3.71. The van der Waals surface area contributed by atoms with E-state index in [1.807, 2.05) is 61.5 Å². The van der Waals surface area contributed by atoms with E-state index in [4.69, 9.17) is 9.72 Å². The molecule has 6 nitrogen and oxygen atoms in total. The third kappa shape index (κ3) is 4.94. The molecule has 0 aliphatic carbocycles. The summed E-state index contributed by atoms with van der Waals surface area (Å²) in [6.07, 6.45) is 0.0538. The molecule has 4 rings (SSSR count). The van der Waals surface area contributed by atoms with Crippen molar-refractivity contribution in [3.05, 3.63) is 89.4 Å². The zero-order valence-corrected chi connectivity index (χ0v) is 20.3. The van der Waals surface area contributed by atoms with E-state index in [2.05, 4.69) is 5.32 Å². The zero-order chi connectivity index (χ0) is 24.1. The summed E-state index contributed by atoms with van der Waals surface area (Å²) in [6.45, 7) is 4.03. The van der Waals surface area contributed by atoms with Gasteiger partial charge in [-0.25, -0.2) is 9.78 Å². The Morgan fingerprint density at radius 1 is 1.00 bits per heavy atom. The number of nitrogens with zero attached hydrogens (tertiary/aromatic N) is 2. The van der Waals surface area contributed by atoms with Gasteiger partial charge in [0.25, 0.3) is 0 Å². The number of hydrogen-bond donors (Lipinski definition) is 1. The lowest BCUT2D eigenvalue weighted by molar-refractivity contribution is -0.121. The first-order valence-corrected chi connectivity index (χ1v) is 11.9. The van der Waals surface area contributed by atoms with Crippen LogP contribution in [0, 0.1) is 0 Å². The number of para-hydroxylation sites is 1. The van der Waals surface area contributed by atoms with Crippen LogP contribution in [0.2, 0.25) is 0 Å². The molecule has 0 radical (unpaired) electrons. The van der Waals surface area contributed by atoms with Crippen LogP contribution in [0.5, 0.6) is 0 Å². The molecule has 1 aromatic heterocycles. The van der Waals surface area contributed by atoms with Gasteiger partial charge in [-0.05, 0) is 55.8 Å². The van der Waals surface area contributed by atoms with Crippen LogP contribution in [-0.2, 0) is 21.4 Å². The average molecular weight is 474 g/mol. The predicted octanol–water partition coefficient (Wildman–Crippen LogP) is 6.03. The van der Waals surface area contributed by atoms with Gasteiger partial charge in [0.1, 0.15) is 0 Å². The summed E-state index contributed by atoms with van der Waals surface area (Å²) in [4.78, 5) is 31.8. The second-order valence-electron chi connectivity index (χ2n) is 8.21. The molecule has 0 spiro atoms. The second kappa shape index (κ2) is 10.1. The molecule has 34 heavy (non-hydrogen) atoms. The van der Waals surface area contributed by atoms with E-state index >= 15 is 0 Å². The molecule has 0 aliphatic rings. The number of thiazole rings is 1. The standard InChI is InChI=1S/C27H27N3O3S/c1-4-33-26(32)30(3)21-16-14-20(15-17-21)28-25(31)27(2,19-10-6-5-7-11-19)18-24-29-22-12-8-9-13-23(22)34-24/h5-17H,4,18H2,1-3H3,(H,28,31). The molecular formula is C27H27N3O3S. The number of amides is 2. The number of carbonyl (C=O) groups excluding carboxylic acids is 2. The maximum atomic E-state index is 13.6. The lowest BCUT2D eigenvalue weighted by Crippen LogP contribution is -2.39. The highest BCUT2D eigenvalue weighted by atomic mass is 32.1. The molecule has 0 saturated carbocycles. The number of ether oxygens (including phenoxy) is 1. The maximum Gasteiger partial charge on any atom is 0.413 e. The summed E-state index contributed by atoms with van der Waals surface area (Å²) in [7, 11) is 1.65. The van der Waals surface area contributed by atoms with Crippen molar-refractivity contribution >= 4 is 44.9 Å². The first-order valence-electron chi connectivity index (χ1n) is 11.1. The molecule has 1 heterocycles. The SMILES string of the molecule is CCOC(=O)N(C)c1ccc(NC(=O)C(C)(Cc2nc3ccccc3s2)c2ccccc2)cc1. The smallest absolute Gasteiger partial charge is 0.413 e. The second-order valence-corrected chi connectivity index (χ2v) is 9.32. The maximum absolute atomic E-state index is 13.6. The summed E-state index contributed by atoms with van der Waals surface area (Å²) in [5.41, 5.74) is 2.37. The Kier molecular flexibility index (Phi) is 6.93. The molecule has 174 valence electrons. The van der Waals surface area contributed by atoms with Crippen molar-refractivity contribution in [1.29, 1.82) is 0 Å². The molecule has 0 saturated heterocycles. The molecule has 7 heteroatoms. The summed E-state index contributed by atoms with van der Waals surface area (Å²) in [6, 6.07) is 24.9. The van der Waals surface area contributed by atoms with Crippen molar-refractivity contribution < 1.29 is 14.3 Å². The van der Waals surface area contributed by atoms with Crippen molar-refractivity contribution in [2.45, 2.75) is 25.7 Å². The topological polar surface area (TPSA) is 71.5 Å². The molecule has 0 aliphatic heterocycles. The number of benzene rings is 3. The fraction of sp³-hybridized carbons (Fsp3) is 0.222. The Morgan fingerprint density at radius 3 is 2.35 bits per heavy atom. The van der Waals surface area contributed by atoms with Crippen LogP contribution in [0.1, 0.15) is 24.4 Å². The van der Waals surface area contributed by atoms with E-state index in [1.54, 1.807) is 49.6 Å². The van der Waals surface area contributed by atoms with Crippen molar-refractivity contribution in [2.24, 2.45) is 0 Å². The summed E-state index contributed by atoms with van der Waals surface area (Å²) in [5.74, 6) is -0.121. The molecule has 4 aromatic rings. The fourth-order valence-electron chi connectivity index (χ4n) is 3.78. The van der Waals surface area contributed by atoms with Crippen LogP contribution in [0.4, 0.5) is 16.2 Å². The highest BCUT2D eigenvalue weighted by molar-refractivity contribution is 7.18. The number of hydrogen-bond acceptors (Lipinski definition) is 5. The zero-order valence-electron chi connectivity index (χ0n) is 19.4. The molecule has 0 fully saturated rings. The summed E-state index contributed by atoms with van der Waals surface area (Å²) < 4.78 is 6.14. The largest absolute Gasteiger partial charge is 0.449 e. The van der Waals surface area contributed by atoms with E-state index in [0.717, 1.165) is 20.8 Å². The number of nitrogens with one attached hydrogen (secondary N) is 1. The van der Waals surface area contributed by atoms with Gasteiger partial charge in [0.2, 0.25) is 5.91 Å². The van der Waals surface area contributed by atoms with Gasteiger partial charge in [-0.1, -0.05) is 42.5 Å². The first-order chi connectivity index (χ1) is 16.4. The first kappa shape index (κ1) is 23.4. The lowest BCUT2D eigenvalue weighted by Gasteiger charge is -2.28. The monoisotopic (exact) mass is 473 g/mol. The van der Waals surface area contributed by atoms with Crippen LogP contribution in [-0.4, -0.2) is 30.6 Å². The Labute approximate surface area is 203 Å². The van der Waals surface area contributed by atoms with Crippen molar-refractivity contribution in [1.82, 2.24) is 4.98 Å². The number of carbonyl (C=O) groups is 2. The van der Waals surface area contributed by atoms with Crippen LogP contribution < -0.4 is 10.2 Å². The van der Waals surface area contributed by atoms with E-state index in [-0.39, 0.29) is 5.91 Å². The van der Waals surface area contributed by atoms with E-state index in [9.17, 15) is 9.59 Å². The quantitative estimate of drug-likeness (QED) is 0.356. The highest BCUT2D eigenvalue weighted by Gasteiger charge is 2.36. The van der Waals surface area contributed by atoms with Gasteiger partial charge >= 0.3 is 6.09 Å². The molecule has 1 atom stereocenters. The van der Waals surface area contributed by atoms with E-state index in [1.165, 1.54) is 4.90 Å². The van der Waals surface area contributed by atoms with Crippen LogP contribution in [0.3, 0.4) is 0 Å². The Balaban J connectivity index is 1.58. The van der Waals surface area contributed by atoms with E-state index < -0.39 is 11.5 Å². The minimum absolute atomic E-state index is 0.121. The Bertz CT molecular complexity index is 1250. The highest BCUT2D eigenvalue weighted by Crippen LogP contribution is 2.33. The Morgan fingerprint density at radius 2 is 1.68 bits per heavy atom. The molecule has 2 amide bonds. The van der Waals surface area contributed by atoms with Gasteiger partial charge in [0.15, 0.2) is 0 Å². The third-order valence-corrected chi connectivity index (χ3v) is 6.85. The minimum atomic E-state index is -0.824. The van der Waals surface area contributed by atoms with Gasteiger partial charge in [0, 0.05) is 24.8 Å². The van der Waals surface area contributed by atoms with Crippen LogP contribution in [0.25, 0.3) is 10.2 Å². The lowest BCUT2D eigenvalue weighted by atomic mass is 9.78. The summed E-state index contributed by atoms with van der Waals surface area (Å²) >= 11 is 1.61. The molecule has 1 unspecified atom stereocenters. The van der Waals surface area contributed by atoms with Gasteiger partial charge < -0.3 is 10.1 Å². The van der Waals surface area contributed by atoms with Crippen LogP contribution in [0.15, 0.2) is 78.9 Å². The van der Waals surface area contributed by atoms with Crippen molar-refractivity contribution in [2.75, 3.05) is 23.9 Å². The molecule has 3 aromatic carbocycles. The van der Waals surface area contributed by atoms with Gasteiger partial charge in [-0.2, -0.15) is 0 Å². The van der Waals surface area contributed by atoms with Gasteiger partial charge in [-0.15, -0.1) is 11.3 Å². The molecular weight excluding hydrogens is 446 g/mol. The molecule has 1 N–H and O–H groups in total. The number of rotatable bonds is 7. The van der Waals surface area contributed by atoms with Gasteiger partial charge in [0.05, 0.1) is 27.2 Å². The summed E-state index contributed by atoms with van der Waals surface area (Å²) in [5, 5.41) is 3.97. The van der Waals surface area contributed by atoms with Crippen molar-refractivity contribution in [3.63, 3.8) is 0 Å². The predicted molar refractivity (Wildman–Crippen MR) is 138 cm³/mol. The van der Waals surface area contributed by atoms with Crippen molar-refractivity contribution in [3.8, 4) is 0 Å². The number of anilines is 2. The normalized spacial score (nSPS) is 12.7. The van der Waals surface area contributed by atoms with Crippen LogP contribution >= 0.6 is 11.3 Å². The molecule has 0 bridgehead atoms. The number of aromatic nitrogens is 1. The fourth-order valence-corrected chi connectivity index (χ4v) is 4.90. The third-order valence-electron chi connectivity index (χ3n) is 5.81. The van der Waals surface area contributed by atoms with Gasteiger partial charge in [-0.3, -0.25) is 9.69 Å². The minimum Gasteiger partial charge on any atom is -0.449 e. The average Bonchev–Trinajstić information content (AvgIpc) is 3.26. The number of fused-ring (bicyclic) bond motifs is 1. The van der Waals surface area contributed by atoms with E-state index in [0.29, 0.717) is 24.4 Å².